The monoisotopic (exact) mass is 295 g/mol. The van der Waals surface area contributed by atoms with Gasteiger partial charge in [-0.15, -0.1) is 12.3 Å². The molecule has 2 rings (SSSR count). The predicted molar refractivity (Wildman–Crippen MR) is 75.3 cm³/mol. The highest BCUT2D eigenvalue weighted by Gasteiger charge is 2.18. The molecule has 20 heavy (non-hydrogen) atoms. The Morgan fingerprint density at radius 1 is 1.20 bits per heavy atom. The summed E-state index contributed by atoms with van der Waals surface area (Å²) in [6.07, 6.45) is 7.32. The number of sulfonamides is 1. The first-order valence-corrected chi connectivity index (χ1v) is 7.94. The Kier molecular flexibility index (Phi) is 4.88. The molecule has 0 saturated carbocycles. The van der Waals surface area contributed by atoms with Crippen LogP contribution < -0.4 is 14.2 Å². The van der Waals surface area contributed by atoms with Gasteiger partial charge in [-0.2, -0.15) is 0 Å². The van der Waals surface area contributed by atoms with Gasteiger partial charge in [-0.1, -0.05) is 0 Å². The second-order valence-electron chi connectivity index (χ2n) is 4.36. The van der Waals surface area contributed by atoms with Crippen molar-refractivity contribution in [2.45, 2.75) is 24.2 Å². The molecule has 0 bridgehead atoms. The fourth-order valence-corrected chi connectivity index (χ4v) is 2.92. The van der Waals surface area contributed by atoms with Gasteiger partial charge >= 0.3 is 0 Å². The molecular weight excluding hydrogens is 278 g/mol. The molecule has 108 valence electrons. The first-order chi connectivity index (χ1) is 9.63. The summed E-state index contributed by atoms with van der Waals surface area (Å²) in [5.41, 5.74) is 0. The molecule has 0 unspecified atom stereocenters. The molecule has 0 spiro atoms. The van der Waals surface area contributed by atoms with Gasteiger partial charge in [0.2, 0.25) is 10.0 Å². The smallest absolute Gasteiger partial charge is 0.240 e. The second kappa shape index (κ2) is 6.64. The van der Waals surface area contributed by atoms with Crippen molar-refractivity contribution in [3.05, 3.63) is 18.2 Å². The van der Waals surface area contributed by atoms with E-state index in [0.29, 0.717) is 44.1 Å². The summed E-state index contributed by atoms with van der Waals surface area (Å²) in [6, 6.07) is 4.61. The standard InChI is InChI=1S/C14H17NO4S/c1-2-3-4-5-8-15-20(16,17)12-6-7-13-14(11-12)19-10-9-18-13/h1,6-7,11,15H,3-5,8-10H2. The van der Waals surface area contributed by atoms with Crippen molar-refractivity contribution in [2.24, 2.45) is 0 Å². The number of benzene rings is 1. The average Bonchev–Trinajstić information content (AvgIpc) is 2.46. The highest BCUT2D eigenvalue weighted by Crippen LogP contribution is 2.32. The van der Waals surface area contributed by atoms with E-state index in [2.05, 4.69) is 10.6 Å². The summed E-state index contributed by atoms with van der Waals surface area (Å²) >= 11 is 0. The number of hydrogen-bond acceptors (Lipinski definition) is 4. The lowest BCUT2D eigenvalue weighted by molar-refractivity contribution is 0.171. The van der Waals surface area contributed by atoms with Gasteiger partial charge in [0.25, 0.3) is 0 Å². The van der Waals surface area contributed by atoms with Crippen LogP contribution in [-0.4, -0.2) is 28.2 Å². The molecule has 1 aromatic carbocycles. The van der Waals surface area contributed by atoms with Crippen molar-refractivity contribution in [1.29, 1.82) is 0 Å². The Bertz CT molecular complexity index is 604. The van der Waals surface area contributed by atoms with Crippen LogP contribution in [0.4, 0.5) is 0 Å². The molecule has 0 radical (unpaired) electrons. The van der Waals surface area contributed by atoms with Crippen LogP contribution in [0.25, 0.3) is 0 Å². The summed E-state index contributed by atoms with van der Waals surface area (Å²) in [6.45, 7) is 1.28. The van der Waals surface area contributed by atoms with Crippen molar-refractivity contribution < 1.29 is 17.9 Å². The third kappa shape index (κ3) is 3.65. The fraction of sp³-hybridized carbons (Fsp3) is 0.429. The molecule has 1 aromatic rings. The van der Waals surface area contributed by atoms with Crippen molar-refractivity contribution >= 4 is 10.0 Å². The maximum atomic E-state index is 12.1. The van der Waals surface area contributed by atoms with Crippen LogP contribution in [0.15, 0.2) is 23.1 Å². The van der Waals surface area contributed by atoms with Gasteiger partial charge in [0.15, 0.2) is 11.5 Å². The summed E-state index contributed by atoms with van der Waals surface area (Å²) in [4.78, 5) is 0.179. The van der Waals surface area contributed by atoms with Gasteiger partial charge in [0, 0.05) is 19.0 Å². The van der Waals surface area contributed by atoms with Gasteiger partial charge in [-0.3, -0.25) is 0 Å². The molecule has 1 aliphatic heterocycles. The highest BCUT2D eigenvalue weighted by molar-refractivity contribution is 7.89. The minimum atomic E-state index is -3.52. The molecule has 1 aliphatic rings. The molecule has 1 N–H and O–H groups in total. The number of nitrogens with one attached hydrogen (secondary N) is 1. The molecule has 0 aromatic heterocycles. The molecule has 0 atom stereocenters. The number of hydrogen-bond donors (Lipinski definition) is 1. The SMILES string of the molecule is C#CCCCCNS(=O)(=O)c1ccc2c(c1)OCCO2. The molecule has 5 nitrogen and oxygen atoms in total. The zero-order valence-corrected chi connectivity index (χ0v) is 11.9. The predicted octanol–water partition coefficient (Wildman–Crippen LogP) is 1.54. The molecular formula is C14H17NO4S. The van der Waals surface area contributed by atoms with Crippen LogP contribution in [0.2, 0.25) is 0 Å². The zero-order chi connectivity index (χ0) is 14.4. The molecule has 0 fully saturated rings. The van der Waals surface area contributed by atoms with E-state index < -0.39 is 10.0 Å². The van der Waals surface area contributed by atoms with Gasteiger partial charge in [-0.25, -0.2) is 13.1 Å². The number of unbranched alkanes of at least 4 members (excludes halogenated alkanes) is 2. The Labute approximate surface area is 119 Å². The van der Waals surface area contributed by atoms with Crippen molar-refractivity contribution in [3.8, 4) is 23.8 Å². The molecule has 0 amide bonds. The van der Waals surface area contributed by atoms with E-state index in [9.17, 15) is 8.42 Å². The summed E-state index contributed by atoms with van der Waals surface area (Å²) in [7, 11) is -3.52. The van der Waals surface area contributed by atoms with Crippen molar-refractivity contribution in [1.82, 2.24) is 4.72 Å². The summed E-state index contributed by atoms with van der Waals surface area (Å²) in [5, 5.41) is 0. The Morgan fingerprint density at radius 3 is 2.70 bits per heavy atom. The van der Waals surface area contributed by atoms with Crippen LogP contribution in [0, 0.1) is 12.3 Å². The van der Waals surface area contributed by atoms with E-state index >= 15 is 0 Å². The third-order valence-electron chi connectivity index (χ3n) is 2.86. The van der Waals surface area contributed by atoms with Gasteiger partial charge in [-0.05, 0) is 25.0 Å². The van der Waals surface area contributed by atoms with E-state index in [0.717, 1.165) is 6.42 Å². The van der Waals surface area contributed by atoms with Crippen LogP contribution >= 0.6 is 0 Å². The Hall–Kier alpha value is -1.71. The van der Waals surface area contributed by atoms with E-state index in [-0.39, 0.29) is 4.90 Å². The van der Waals surface area contributed by atoms with Crippen LogP contribution in [0.3, 0.4) is 0 Å². The molecule has 6 heteroatoms. The minimum Gasteiger partial charge on any atom is -0.486 e. The van der Waals surface area contributed by atoms with E-state index in [1.807, 2.05) is 0 Å². The van der Waals surface area contributed by atoms with Gasteiger partial charge in [0.1, 0.15) is 13.2 Å². The molecule has 0 aliphatic carbocycles. The maximum Gasteiger partial charge on any atom is 0.240 e. The highest BCUT2D eigenvalue weighted by atomic mass is 32.2. The van der Waals surface area contributed by atoms with E-state index in [4.69, 9.17) is 15.9 Å². The first kappa shape index (κ1) is 14.7. The number of rotatable bonds is 6. The minimum absolute atomic E-state index is 0.179. The average molecular weight is 295 g/mol. The first-order valence-electron chi connectivity index (χ1n) is 6.46. The quantitative estimate of drug-likeness (QED) is 0.638. The molecule has 1 heterocycles. The van der Waals surface area contributed by atoms with Crippen LogP contribution in [0.5, 0.6) is 11.5 Å². The lowest BCUT2D eigenvalue weighted by atomic mass is 10.2. The largest absolute Gasteiger partial charge is 0.486 e. The van der Waals surface area contributed by atoms with Crippen molar-refractivity contribution in [2.75, 3.05) is 19.8 Å². The number of ether oxygens (including phenoxy) is 2. The second-order valence-corrected chi connectivity index (χ2v) is 6.13. The third-order valence-corrected chi connectivity index (χ3v) is 4.32. The van der Waals surface area contributed by atoms with E-state index in [1.54, 1.807) is 6.07 Å². The Morgan fingerprint density at radius 2 is 1.95 bits per heavy atom. The number of terminal acetylenes is 1. The van der Waals surface area contributed by atoms with Crippen LogP contribution in [-0.2, 0) is 10.0 Å². The van der Waals surface area contributed by atoms with E-state index in [1.165, 1.54) is 12.1 Å². The molecule has 0 saturated heterocycles. The van der Waals surface area contributed by atoms with Crippen LogP contribution in [0.1, 0.15) is 19.3 Å². The fourth-order valence-electron chi connectivity index (χ4n) is 1.83. The summed E-state index contributed by atoms with van der Waals surface area (Å²) < 4.78 is 37.5. The normalized spacial score (nSPS) is 13.8. The van der Waals surface area contributed by atoms with Crippen molar-refractivity contribution in [3.63, 3.8) is 0 Å². The van der Waals surface area contributed by atoms with Gasteiger partial charge in [0.05, 0.1) is 4.90 Å². The van der Waals surface area contributed by atoms with Gasteiger partial charge < -0.3 is 9.47 Å². The summed E-state index contributed by atoms with van der Waals surface area (Å²) in [5.74, 6) is 3.56. The lowest BCUT2D eigenvalue weighted by Crippen LogP contribution is -2.25. The topological polar surface area (TPSA) is 64.6 Å². The number of fused-ring (bicyclic) bond motifs is 1. The lowest BCUT2D eigenvalue weighted by Gasteiger charge is -2.18. The zero-order valence-electron chi connectivity index (χ0n) is 11.1. The maximum absolute atomic E-state index is 12.1. The Balaban J connectivity index is 2.00.